The lowest BCUT2D eigenvalue weighted by molar-refractivity contribution is 0.103. The number of fused-ring (bicyclic) bond motifs is 2. The van der Waals surface area contributed by atoms with Crippen molar-refractivity contribution in [3.63, 3.8) is 0 Å². The van der Waals surface area contributed by atoms with Crippen LogP contribution in [-0.2, 0) is 0 Å². The number of amides is 1. The molecule has 0 aliphatic rings. The van der Waals surface area contributed by atoms with Gasteiger partial charge < -0.3 is 10.7 Å². The maximum Gasteiger partial charge on any atom is 0.269 e. The first-order valence-electron chi connectivity index (χ1n) is 7.94. The van der Waals surface area contributed by atoms with E-state index >= 15 is 0 Å². The first-order valence-corrected chi connectivity index (χ1v) is 9.58. The highest BCUT2D eigenvalue weighted by Crippen LogP contribution is 2.35. The smallest absolute Gasteiger partial charge is 0.269 e. The summed E-state index contributed by atoms with van der Waals surface area (Å²) in [5.74, 6) is -0.322. The van der Waals surface area contributed by atoms with Crippen LogP contribution in [0.1, 0.15) is 26.4 Å². The molecule has 0 bridgehead atoms. The van der Waals surface area contributed by atoms with Gasteiger partial charge in [0.15, 0.2) is 5.13 Å². The molecule has 0 saturated heterocycles. The molecule has 4 aromatic rings. The minimum Gasteiger partial charge on any atom is -0.397 e. The number of aromatic nitrogens is 2. The van der Waals surface area contributed by atoms with Gasteiger partial charge in [0.05, 0.1) is 15.9 Å². The minimum atomic E-state index is -0.322. The number of benzene rings is 1. The topological polar surface area (TPSA) is 101 Å². The maximum absolute atomic E-state index is 12.7. The molecule has 0 radical (unpaired) electrons. The van der Waals surface area contributed by atoms with E-state index in [-0.39, 0.29) is 11.5 Å². The van der Waals surface area contributed by atoms with Gasteiger partial charge in [-0.25, -0.2) is 4.98 Å². The van der Waals surface area contributed by atoms with Crippen LogP contribution in [0.2, 0.25) is 0 Å². The van der Waals surface area contributed by atoms with Crippen molar-refractivity contribution in [2.45, 2.75) is 20.8 Å². The summed E-state index contributed by atoms with van der Waals surface area (Å²) in [7, 11) is 0. The number of hydrogen-bond acceptors (Lipinski definition) is 6. The van der Waals surface area contributed by atoms with E-state index in [0.717, 1.165) is 32.3 Å². The van der Waals surface area contributed by atoms with Crippen molar-refractivity contribution in [1.82, 2.24) is 9.97 Å². The fraction of sp³-hybridized carbons (Fsp3) is 0.167. The summed E-state index contributed by atoms with van der Waals surface area (Å²) < 4.78 is 1.03. The summed E-state index contributed by atoms with van der Waals surface area (Å²) in [6.07, 6.45) is 0. The van der Waals surface area contributed by atoms with Crippen LogP contribution in [0, 0.1) is 20.8 Å². The second-order valence-electron chi connectivity index (χ2n) is 6.27. The van der Waals surface area contributed by atoms with Gasteiger partial charge in [0.1, 0.15) is 9.71 Å². The number of nitrogens with one attached hydrogen (secondary N) is 2. The largest absolute Gasteiger partial charge is 0.397 e. The van der Waals surface area contributed by atoms with Crippen molar-refractivity contribution >= 4 is 59.8 Å². The highest BCUT2D eigenvalue weighted by molar-refractivity contribution is 7.23. The first kappa shape index (κ1) is 16.7. The zero-order valence-electron chi connectivity index (χ0n) is 14.4. The normalized spacial score (nSPS) is 11.3. The molecule has 3 aromatic heterocycles. The zero-order chi connectivity index (χ0) is 18.6. The number of aryl methyl sites for hydroxylation is 3. The minimum absolute atomic E-state index is 0.208. The number of nitrogens with two attached hydrogens (primary N) is 1. The third kappa shape index (κ3) is 2.67. The molecule has 0 atom stereocenters. The average molecular weight is 384 g/mol. The summed E-state index contributed by atoms with van der Waals surface area (Å²) in [6, 6.07) is 5.60. The molecule has 0 aliphatic carbocycles. The average Bonchev–Trinajstić information content (AvgIpc) is 3.08. The van der Waals surface area contributed by atoms with Crippen LogP contribution in [0.4, 0.5) is 10.8 Å². The second-order valence-corrected chi connectivity index (χ2v) is 8.32. The molecule has 8 heteroatoms. The number of anilines is 2. The van der Waals surface area contributed by atoms with Gasteiger partial charge in [0, 0.05) is 11.5 Å². The third-order valence-corrected chi connectivity index (χ3v) is 6.22. The predicted molar refractivity (Wildman–Crippen MR) is 109 cm³/mol. The third-order valence-electron chi connectivity index (χ3n) is 4.18. The summed E-state index contributed by atoms with van der Waals surface area (Å²) in [5.41, 5.74) is 10.2. The molecule has 0 fully saturated rings. The molecule has 1 amide bonds. The lowest BCUT2D eigenvalue weighted by Gasteiger charge is -2.00. The first-order chi connectivity index (χ1) is 12.3. The van der Waals surface area contributed by atoms with Crippen molar-refractivity contribution in [1.29, 1.82) is 0 Å². The Morgan fingerprint density at radius 3 is 2.69 bits per heavy atom. The van der Waals surface area contributed by atoms with E-state index in [1.807, 2.05) is 13.8 Å². The highest BCUT2D eigenvalue weighted by atomic mass is 32.1. The highest BCUT2D eigenvalue weighted by Gasteiger charge is 2.20. The van der Waals surface area contributed by atoms with E-state index in [1.165, 1.54) is 28.7 Å². The number of hydrogen-bond donors (Lipinski definition) is 3. The van der Waals surface area contributed by atoms with Gasteiger partial charge in [-0.05, 0) is 43.5 Å². The summed E-state index contributed by atoms with van der Waals surface area (Å²) in [4.78, 5) is 32.6. The molecule has 0 saturated carbocycles. The van der Waals surface area contributed by atoms with E-state index < -0.39 is 0 Å². The van der Waals surface area contributed by atoms with Crippen LogP contribution in [0.25, 0.3) is 20.4 Å². The van der Waals surface area contributed by atoms with Crippen molar-refractivity contribution in [2.75, 3.05) is 11.1 Å². The quantitative estimate of drug-likeness (QED) is 0.487. The molecule has 3 heterocycles. The molecule has 0 unspecified atom stereocenters. The molecule has 132 valence electrons. The second kappa shape index (κ2) is 5.93. The van der Waals surface area contributed by atoms with Crippen LogP contribution in [-0.4, -0.2) is 15.9 Å². The molecular formula is C18H16N4O2S2. The van der Waals surface area contributed by atoms with Gasteiger partial charge in [0.2, 0.25) is 5.56 Å². The lowest BCUT2D eigenvalue weighted by atomic mass is 10.1. The maximum atomic E-state index is 12.7. The van der Waals surface area contributed by atoms with Gasteiger partial charge in [-0.2, -0.15) is 0 Å². The number of thiophene rings is 1. The molecule has 0 spiro atoms. The number of rotatable bonds is 2. The monoisotopic (exact) mass is 384 g/mol. The van der Waals surface area contributed by atoms with Crippen molar-refractivity contribution in [2.24, 2.45) is 0 Å². The van der Waals surface area contributed by atoms with Crippen LogP contribution in [0.15, 0.2) is 23.0 Å². The van der Waals surface area contributed by atoms with Crippen LogP contribution in [0.5, 0.6) is 0 Å². The Labute approximate surface area is 156 Å². The number of nitrogen functional groups attached to an aromatic ring is 1. The number of carbonyl (C=O) groups excluding carboxylic acids is 1. The molecule has 4 N–H and O–H groups in total. The van der Waals surface area contributed by atoms with Crippen molar-refractivity contribution < 1.29 is 4.79 Å². The van der Waals surface area contributed by atoms with Crippen LogP contribution < -0.4 is 16.6 Å². The Morgan fingerprint density at radius 2 is 1.92 bits per heavy atom. The Hall–Kier alpha value is -2.71. The van der Waals surface area contributed by atoms with Gasteiger partial charge in [-0.1, -0.05) is 17.4 Å². The van der Waals surface area contributed by atoms with Gasteiger partial charge in [-0.3, -0.25) is 14.9 Å². The molecule has 26 heavy (non-hydrogen) atoms. The van der Waals surface area contributed by atoms with Gasteiger partial charge in [-0.15, -0.1) is 11.3 Å². The van der Waals surface area contributed by atoms with E-state index in [0.29, 0.717) is 20.5 Å². The molecule has 1 aromatic carbocycles. The Balaban J connectivity index is 1.74. The van der Waals surface area contributed by atoms with Crippen molar-refractivity contribution in [3.05, 3.63) is 50.1 Å². The Bertz CT molecular complexity index is 1250. The van der Waals surface area contributed by atoms with Crippen LogP contribution in [0.3, 0.4) is 0 Å². The molecule has 6 nitrogen and oxygen atoms in total. The number of nitrogens with zero attached hydrogens (tertiary/aromatic N) is 1. The fourth-order valence-electron chi connectivity index (χ4n) is 3.09. The van der Waals surface area contributed by atoms with E-state index in [4.69, 9.17) is 5.73 Å². The van der Waals surface area contributed by atoms with E-state index in [2.05, 4.69) is 27.4 Å². The Kier molecular flexibility index (Phi) is 3.82. The molecular weight excluding hydrogens is 368 g/mol. The molecule has 0 aliphatic heterocycles. The summed E-state index contributed by atoms with van der Waals surface area (Å²) in [6.45, 7) is 5.84. The number of aromatic amines is 1. The summed E-state index contributed by atoms with van der Waals surface area (Å²) >= 11 is 2.61. The fourth-order valence-corrected chi connectivity index (χ4v) is 5.21. The van der Waals surface area contributed by atoms with Crippen molar-refractivity contribution in [3.8, 4) is 0 Å². The predicted octanol–water partition coefficient (Wildman–Crippen LogP) is 3.96. The zero-order valence-corrected chi connectivity index (χ0v) is 16.0. The number of pyridine rings is 1. The Morgan fingerprint density at radius 1 is 1.15 bits per heavy atom. The number of thiazole rings is 1. The lowest BCUT2D eigenvalue weighted by Crippen LogP contribution is -2.11. The molecule has 4 rings (SSSR count). The summed E-state index contributed by atoms with van der Waals surface area (Å²) in [5, 5.41) is 4.08. The van der Waals surface area contributed by atoms with Crippen LogP contribution >= 0.6 is 22.7 Å². The van der Waals surface area contributed by atoms with Gasteiger partial charge in [0.25, 0.3) is 5.91 Å². The van der Waals surface area contributed by atoms with E-state index in [9.17, 15) is 9.59 Å². The van der Waals surface area contributed by atoms with Gasteiger partial charge >= 0.3 is 0 Å². The standard InChI is InChI=1S/C18H16N4O2S2/c1-7-4-9(3)14-10(5-7)25-18(21-14)22-16(24)15-13(19)12-8(2)6-11(23)20-17(12)26-15/h4-6H,19H2,1-3H3,(H,20,23)(H,21,22,24). The number of H-pyrrole nitrogens is 1. The number of carbonyl (C=O) groups is 1. The van der Waals surface area contributed by atoms with E-state index in [1.54, 1.807) is 6.92 Å². The SMILES string of the molecule is Cc1cc(C)c2nc(NC(=O)c3sc4[nH]c(=O)cc(C)c4c3N)sc2c1.